The largest absolute Gasteiger partial charge is 0.492 e. The Balaban J connectivity index is 1.74. The minimum atomic E-state index is 0.110. The third-order valence-corrected chi connectivity index (χ3v) is 3.88. The molecule has 0 aromatic heterocycles. The molecule has 0 aliphatic carbocycles. The summed E-state index contributed by atoms with van der Waals surface area (Å²) in [6.07, 6.45) is 2.58. The highest BCUT2D eigenvalue weighted by Crippen LogP contribution is 2.18. The molecule has 1 aliphatic rings. The van der Waals surface area contributed by atoms with Gasteiger partial charge in [-0.05, 0) is 43.1 Å². The summed E-state index contributed by atoms with van der Waals surface area (Å²) in [5.41, 5.74) is 6.19. The van der Waals surface area contributed by atoms with Crippen molar-refractivity contribution in [1.29, 1.82) is 0 Å². The lowest BCUT2D eigenvalue weighted by Gasteiger charge is -2.16. The molecule has 0 spiro atoms. The van der Waals surface area contributed by atoms with Crippen molar-refractivity contribution in [3.63, 3.8) is 0 Å². The van der Waals surface area contributed by atoms with Crippen LogP contribution in [-0.2, 0) is 0 Å². The van der Waals surface area contributed by atoms with Crippen LogP contribution >= 0.6 is 0 Å². The minimum absolute atomic E-state index is 0.110. The fraction of sp³-hybridized carbons (Fsp3) is 0.533. The first-order valence-corrected chi connectivity index (χ1v) is 7.16. The number of rotatable bonds is 6. The number of hydrogen-bond acceptors (Lipinski definition) is 4. The van der Waals surface area contributed by atoms with E-state index in [0.29, 0.717) is 12.2 Å². The number of benzene rings is 1. The van der Waals surface area contributed by atoms with Crippen molar-refractivity contribution < 1.29 is 9.94 Å². The van der Waals surface area contributed by atoms with Gasteiger partial charge < -0.3 is 15.7 Å². The molecule has 20 heavy (non-hydrogen) atoms. The Bertz CT molecular complexity index is 445. The van der Waals surface area contributed by atoms with E-state index >= 15 is 0 Å². The summed E-state index contributed by atoms with van der Waals surface area (Å²) < 4.78 is 5.72. The summed E-state index contributed by atoms with van der Waals surface area (Å²) in [5, 5.41) is 11.6. The van der Waals surface area contributed by atoms with Crippen molar-refractivity contribution >= 4 is 5.84 Å². The molecule has 5 heteroatoms. The second kappa shape index (κ2) is 7.14. The maximum absolute atomic E-state index is 8.59. The Morgan fingerprint density at radius 2 is 2.20 bits per heavy atom. The highest BCUT2D eigenvalue weighted by molar-refractivity contribution is 5.97. The third-order valence-electron chi connectivity index (χ3n) is 3.88. The Kier molecular flexibility index (Phi) is 5.24. The molecule has 1 aliphatic heterocycles. The first kappa shape index (κ1) is 14.7. The molecule has 1 unspecified atom stereocenters. The van der Waals surface area contributed by atoms with E-state index in [0.717, 1.165) is 18.2 Å². The first-order valence-electron chi connectivity index (χ1n) is 7.16. The SMILES string of the molecule is CCC1CCN(CCOc2ccc(/C(N)=N/O)cc2)C1. The Hall–Kier alpha value is -1.75. The van der Waals surface area contributed by atoms with Gasteiger partial charge in [-0.1, -0.05) is 18.5 Å². The number of nitrogens with two attached hydrogens (primary N) is 1. The molecule has 3 N–H and O–H groups in total. The van der Waals surface area contributed by atoms with Gasteiger partial charge in [-0.25, -0.2) is 0 Å². The Morgan fingerprint density at radius 1 is 1.45 bits per heavy atom. The van der Waals surface area contributed by atoms with Crippen LogP contribution in [0.1, 0.15) is 25.3 Å². The van der Waals surface area contributed by atoms with Crippen molar-refractivity contribution in [3.8, 4) is 5.75 Å². The highest BCUT2D eigenvalue weighted by Gasteiger charge is 2.20. The van der Waals surface area contributed by atoms with E-state index in [1.165, 1.54) is 25.9 Å². The molecule has 0 radical (unpaired) electrons. The molecule has 2 rings (SSSR count). The number of hydrogen-bond donors (Lipinski definition) is 2. The molecule has 110 valence electrons. The van der Waals surface area contributed by atoms with Gasteiger partial charge in [0, 0.05) is 18.7 Å². The standard InChI is InChI=1S/C15H23N3O2/c1-2-12-7-8-18(11-12)9-10-20-14-5-3-13(4-6-14)15(16)17-19/h3-6,12,19H,2,7-11H2,1H3,(H2,16,17). The van der Waals surface area contributed by atoms with Crippen LogP contribution in [-0.4, -0.2) is 42.2 Å². The summed E-state index contributed by atoms with van der Waals surface area (Å²) >= 11 is 0. The predicted octanol–water partition coefficient (Wildman–Crippen LogP) is 1.89. The summed E-state index contributed by atoms with van der Waals surface area (Å²) in [5.74, 6) is 1.78. The summed E-state index contributed by atoms with van der Waals surface area (Å²) in [7, 11) is 0. The van der Waals surface area contributed by atoms with Crippen molar-refractivity contribution in [3.05, 3.63) is 29.8 Å². The van der Waals surface area contributed by atoms with E-state index in [1.54, 1.807) is 12.1 Å². The number of ether oxygens (including phenoxy) is 1. The van der Waals surface area contributed by atoms with Crippen molar-refractivity contribution in [2.24, 2.45) is 16.8 Å². The van der Waals surface area contributed by atoms with Crippen LogP contribution < -0.4 is 10.5 Å². The number of oxime groups is 1. The fourth-order valence-corrected chi connectivity index (χ4v) is 2.52. The molecule has 1 aromatic rings. The van der Waals surface area contributed by atoms with Gasteiger partial charge in [0.2, 0.25) is 0 Å². The fourth-order valence-electron chi connectivity index (χ4n) is 2.52. The van der Waals surface area contributed by atoms with Crippen LogP contribution in [0.5, 0.6) is 5.75 Å². The summed E-state index contributed by atoms with van der Waals surface area (Å²) in [6, 6.07) is 7.25. The van der Waals surface area contributed by atoms with Crippen LogP contribution in [0.2, 0.25) is 0 Å². The maximum atomic E-state index is 8.59. The van der Waals surface area contributed by atoms with E-state index in [2.05, 4.69) is 17.0 Å². The van der Waals surface area contributed by atoms with E-state index in [-0.39, 0.29) is 5.84 Å². The van der Waals surface area contributed by atoms with Crippen molar-refractivity contribution in [1.82, 2.24) is 4.90 Å². The van der Waals surface area contributed by atoms with Crippen LogP contribution in [0.25, 0.3) is 0 Å². The van der Waals surface area contributed by atoms with Gasteiger partial charge in [-0.15, -0.1) is 0 Å². The zero-order chi connectivity index (χ0) is 14.4. The van der Waals surface area contributed by atoms with Crippen LogP contribution in [0.4, 0.5) is 0 Å². The quantitative estimate of drug-likeness (QED) is 0.360. The highest BCUT2D eigenvalue weighted by atomic mass is 16.5. The van der Waals surface area contributed by atoms with E-state index in [1.807, 2.05) is 12.1 Å². The average Bonchev–Trinajstić information content (AvgIpc) is 2.95. The van der Waals surface area contributed by atoms with Crippen LogP contribution in [0.3, 0.4) is 0 Å². The molecule has 1 aromatic carbocycles. The Labute approximate surface area is 120 Å². The van der Waals surface area contributed by atoms with Gasteiger partial charge >= 0.3 is 0 Å². The van der Waals surface area contributed by atoms with Crippen molar-refractivity contribution in [2.75, 3.05) is 26.2 Å². The topological polar surface area (TPSA) is 71.1 Å². The lowest BCUT2D eigenvalue weighted by atomic mass is 10.1. The van der Waals surface area contributed by atoms with Crippen LogP contribution in [0, 0.1) is 5.92 Å². The van der Waals surface area contributed by atoms with E-state index < -0.39 is 0 Å². The van der Waals surface area contributed by atoms with Gasteiger partial charge in [0.25, 0.3) is 0 Å². The maximum Gasteiger partial charge on any atom is 0.170 e. The normalized spacial score (nSPS) is 20.2. The second-order valence-corrected chi connectivity index (χ2v) is 5.22. The van der Waals surface area contributed by atoms with Gasteiger partial charge in [0.1, 0.15) is 12.4 Å². The van der Waals surface area contributed by atoms with Crippen LogP contribution in [0.15, 0.2) is 29.4 Å². The smallest absolute Gasteiger partial charge is 0.170 e. The average molecular weight is 277 g/mol. The molecule has 1 saturated heterocycles. The predicted molar refractivity (Wildman–Crippen MR) is 79.3 cm³/mol. The molecule has 0 bridgehead atoms. The minimum Gasteiger partial charge on any atom is -0.492 e. The number of amidine groups is 1. The summed E-state index contributed by atoms with van der Waals surface area (Å²) in [6.45, 7) is 6.30. The van der Waals surface area contributed by atoms with E-state index in [9.17, 15) is 0 Å². The van der Waals surface area contributed by atoms with Gasteiger partial charge in [-0.3, -0.25) is 4.90 Å². The molecule has 1 atom stereocenters. The summed E-state index contributed by atoms with van der Waals surface area (Å²) in [4.78, 5) is 2.46. The molecular formula is C15H23N3O2. The molecule has 1 heterocycles. The lowest BCUT2D eigenvalue weighted by Crippen LogP contribution is -2.26. The van der Waals surface area contributed by atoms with Gasteiger partial charge in [0.05, 0.1) is 0 Å². The second-order valence-electron chi connectivity index (χ2n) is 5.22. The van der Waals surface area contributed by atoms with Crippen molar-refractivity contribution in [2.45, 2.75) is 19.8 Å². The van der Waals surface area contributed by atoms with Gasteiger partial charge in [0.15, 0.2) is 5.84 Å². The molecule has 1 fully saturated rings. The molecule has 0 saturated carbocycles. The molecule has 0 amide bonds. The first-order chi connectivity index (χ1) is 9.72. The zero-order valence-corrected chi connectivity index (χ0v) is 12.0. The third kappa shape index (κ3) is 3.87. The lowest BCUT2D eigenvalue weighted by molar-refractivity contribution is 0.232. The molecular weight excluding hydrogens is 254 g/mol. The van der Waals surface area contributed by atoms with E-state index in [4.69, 9.17) is 15.7 Å². The number of nitrogens with zero attached hydrogens (tertiary/aromatic N) is 2. The van der Waals surface area contributed by atoms with Gasteiger partial charge in [-0.2, -0.15) is 0 Å². The Morgan fingerprint density at radius 3 is 2.80 bits per heavy atom. The molecule has 5 nitrogen and oxygen atoms in total. The number of likely N-dealkylation sites (tertiary alicyclic amines) is 1. The zero-order valence-electron chi connectivity index (χ0n) is 12.0. The monoisotopic (exact) mass is 277 g/mol.